The lowest BCUT2D eigenvalue weighted by molar-refractivity contribution is -0.356. The van der Waals surface area contributed by atoms with Crippen molar-refractivity contribution in [1.82, 2.24) is 0 Å². The van der Waals surface area contributed by atoms with Crippen molar-refractivity contribution in [2.24, 2.45) is 11.8 Å². The van der Waals surface area contributed by atoms with Crippen LogP contribution in [0, 0.1) is 11.8 Å². The molecule has 0 spiro atoms. The largest absolute Gasteiger partial charge is 0.508 e. The number of para-hydroxylation sites is 1. The second kappa shape index (κ2) is 8.55. The lowest BCUT2D eigenvalue weighted by atomic mass is 9.81. The maximum Gasteiger partial charge on any atom is 0.440 e. The van der Waals surface area contributed by atoms with E-state index in [4.69, 9.17) is 9.47 Å². The lowest BCUT2D eigenvalue weighted by Gasteiger charge is -2.39. The van der Waals surface area contributed by atoms with Crippen LogP contribution in [0.3, 0.4) is 0 Å². The summed E-state index contributed by atoms with van der Waals surface area (Å²) in [5.41, 5.74) is 0.118. The number of hydrogen-bond donors (Lipinski definition) is 2. The highest BCUT2D eigenvalue weighted by atomic mass is 19.4. The Morgan fingerprint density at radius 1 is 1.38 bits per heavy atom. The number of carboxylic acid groups (broad SMARTS) is 1. The number of rotatable bonds is 6. The Labute approximate surface area is 149 Å². The van der Waals surface area contributed by atoms with Crippen molar-refractivity contribution < 1.29 is 37.7 Å². The smallest absolute Gasteiger partial charge is 0.440 e. The van der Waals surface area contributed by atoms with Crippen LogP contribution in [0.2, 0.25) is 0 Å². The zero-order valence-electron chi connectivity index (χ0n) is 14.1. The minimum Gasteiger partial charge on any atom is -0.508 e. The van der Waals surface area contributed by atoms with Gasteiger partial charge in [0.25, 0.3) is 6.29 Å². The van der Waals surface area contributed by atoms with Crippen molar-refractivity contribution in [3.63, 3.8) is 0 Å². The number of carboxylic acids is 1. The van der Waals surface area contributed by atoms with Gasteiger partial charge in [0, 0.05) is 11.5 Å². The van der Waals surface area contributed by atoms with E-state index in [0.29, 0.717) is 6.42 Å². The van der Waals surface area contributed by atoms with E-state index in [1.807, 2.05) is 0 Å². The Morgan fingerprint density at radius 2 is 2.08 bits per heavy atom. The molecule has 1 aromatic rings. The van der Waals surface area contributed by atoms with E-state index in [2.05, 4.69) is 0 Å². The van der Waals surface area contributed by atoms with Gasteiger partial charge in [0.1, 0.15) is 5.75 Å². The minimum absolute atomic E-state index is 0.118. The molecule has 0 radical (unpaired) electrons. The summed E-state index contributed by atoms with van der Waals surface area (Å²) in [5, 5.41) is 19.6. The zero-order valence-corrected chi connectivity index (χ0v) is 14.1. The first-order valence-electron chi connectivity index (χ1n) is 8.21. The van der Waals surface area contributed by atoms with Gasteiger partial charge in [0.15, 0.2) is 0 Å². The molecule has 0 aliphatic carbocycles. The number of aromatic hydroxyl groups is 1. The van der Waals surface area contributed by atoms with Crippen molar-refractivity contribution in [3.8, 4) is 5.75 Å². The van der Waals surface area contributed by atoms with Crippen molar-refractivity contribution in [3.05, 3.63) is 42.0 Å². The van der Waals surface area contributed by atoms with Crippen LogP contribution in [0.25, 0.3) is 0 Å². The third-order valence-corrected chi connectivity index (χ3v) is 4.32. The van der Waals surface area contributed by atoms with Gasteiger partial charge in [0.2, 0.25) is 0 Å². The maximum atomic E-state index is 13.0. The summed E-state index contributed by atoms with van der Waals surface area (Å²) < 4.78 is 48.9. The van der Waals surface area contributed by atoms with Gasteiger partial charge in [-0.3, -0.25) is 4.79 Å². The fourth-order valence-corrected chi connectivity index (χ4v) is 3.05. The van der Waals surface area contributed by atoms with Crippen LogP contribution in [0.1, 0.15) is 31.4 Å². The average Bonchev–Trinajstić information content (AvgIpc) is 2.58. The van der Waals surface area contributed by atoms with Gasteiger partial charge in [-0.2, -0.15) is 13.2 Å². The Hall–Kier alpha value is -2.06. The Morgan fingerprint density at radius 3 is 2.65 bits per heavy atom. The van der Waals surface area contributed by atoms with E-state index < -0.39 is 43.0 Å². The van der Waals surface area contributed by atoms with Crippen LogP contribution >= 0.6 is 0 Å². The minimum atomic E-state index is -4.75. The Kier molecular flexibility index (Phi) is 6.66. The molecule has 26 heavy (non-hydrogen) atoms. The van der Waals surface area contributed by atoms with E-state index in [9.17, 15) is 28.2 Å². The number of hydrogen-bond acceptors (Lipinski definition) is 4. The van der Waals surface area contributed by atoms with Crippen molar-refractivity contribution >= 4 is 5.97 Å². The number of carbonyl (C=O) groups is 1. The summed E-state index contributed by atoms with van der Waals surface area (Å²) in [6.07, 6.45) is -4.23. The number of halogens is 3. The maximum absolute atomic E-state index is 13.0. The number of phenolic OH excluding ortho intramolecular Hbond substituents is 1. The topological polar surface area (TPSA) is 76.0 Å². The molecular weight excluding hydrogens is 353 g/mol. The molecule has 8 heteroatoms. The van der Waals surface area contributed by atoms with Crippen molar-refractivity contribution in [2.45, 2.75) is 38.3 Å². The van der Waals surface area contributed by atoms with Gasteiger partial charge >= 0.3 is 12.1 Å². The molecule has 0 saturated carbocycles. The highest BCUT2D eigenvalue weighted by molar-refractivity contribution is 5.70. The second-order valence-corrected chi connectivity index (χ2v) is 6.08. The lowest BCUT2D eigenvalue weighted by Crippen LogP contribution is -2.46. The summed E-state index contributed by atoms with van der Waals surface area (Å²) in [4.78, 5) is 11.7. The van der Waals surface area contributed by atoms with Gasteiger partial charge < -0.3 is 19.7 Å². The number of benzene rings is 1. The molecule has 4 atom stereocenters. The van der Waals surface area contributed by atoms with E-state index in [1.165, 1.54) is 18.2 Å². The van der Waals surface area contributed by atoms with Crippen molar-refractivity contribution in [2.75, 3.05) is 6.61 Å². The fraction of sp³-hybridized carbons (Fsp3) is 0.500. The number of allylic oxidation sites excluding steroid dienone is 2. The molecule has 1 heterocycles. The van der Waals surface area contributed by atoms with E-state index in [-0.39, 0.29) is 17.7 Å². The first-order valence-corrected chi connectivity index (χ1v) is 8.21. The highest BCUT2D eigenvalue weighted by Gasteiger charge is 2.50. The molecule has 0 amide bonds. The van der Waals surface area contributed by atoms with Gasteiger partial charge in [-0.05, 0) is 25.8 Å². The molecular formula is C18H21F3O5. The molecule has 2 rings (SSSR count). The quantitative estimate of drug-likeness (QED) is 0.735. The average molecular weight is 374 g/mol. The number of ether oxygens (including phenoxy) is 2. The van der Waals surface area contributed by atoms with Crippen LogP contribution < -0.4 is 0 Å². The predicted molar refractivity (Wildman–Crippen MR) is 86.4 cm³/mol. The van der Waals surface area contributed by atoms with E-state index in [1.54, 1.807) is 25.1 Å². The summed E-state index contributed by atoms with van der Waals surface area (Å²) in [6.45, 7) is 1.36. The Balaban J connectivity index is 2.35. The third kappa shape index (κ3) is 4.76. The highest BCUT2D eigenvalue weighted by Crippen LogP contribution is 2.44. The summed E-state index contributed by atoms with van der Waals surface area (Å²) in [6, 6.07) is 5.82. The molecule has 1 saturated heterocycles. The molecule has 1 fully saturated rings. The SMILES string of the molecule is C/C=C\CCC(C(=O)O)C1COC(C(F)(F)F)OC1c1ccccc1O. The van der Waals surface area contributed by atoms with Crippen LogP contribution in [-0.4, -0.2) is 35.3 Å². The Bertz CT molecular complexity index is 644. The molecule has 2 N–H and O–H groups in total. The second-order valence-electron chi connectivity index (χ2n) is 6.08. The van der Waals surface area contributed by atoms with E-state index >= 15 is 0 Å². The summed E-state index contributed by atoms with van der Waals surface area (Å²) in [7, 11) is 0. The van der Waals surface area contributed by atoms with Gasteiger partial charge in [-0.1, -0.05) is 30.4 Å². The van der Waals surface area contributed by atoms with Crippen molar-refractivity contribution in [1.29, 1.82) is 0 Å². The molecule has 0 bridgehead atoms. The number of phenols is 1. The molecule has 144 valence electrons. The van der Waals surface area contributed by atoms with Gasteiger partial charge in [-0.25, -0.2) is 0 Å². The predicted octanol–water partition coefficient (Wildman–Crippen LogP) is 4.04. The zero-order chi connectivity index (χ0) is 19.3. The normalized spacial score (nSPS) is 25.3. The van der Waals surface area contributed by atoms with Crippen LogP contribution in [0.4, 0.5) is 13.2 Å². The number of aliphatic carboxylic acids is 1. The molecule has 1 aliphatic rings. The first kappa shape index (κ1) is 20.3. The van der Waals surface area contributed by atoms with Gasteiger partial charge in [-0.15, -0.1) is 0 Å². The monoisotopic (exact) mass is 374 g/mol. The molecule has 1 aromatic carbocycles. The summed E-state index contributed by atoms with van der Waals surface area (Å²) >= 11 is 0. The third-order valence-electron chi connectivity index (χ3n) is 4.32. The van der Waals surface area contributed by atoms with E-state index in [0.717, 1.165) is 0 Å². The number of alkyl halides is 3. The van der Waals surface area contributed by atoms with Crippen LogP contribution in [0.15, 0.2) is 36.4 Å². The standard InChI is InChI=1S/C18H21F3O5/c1-2-3-4-7-11(16(23)24)13-10-25-17(18(19,20)21)26-15(13)12-8-5-6-9-14(12)22/h2-3,5-6,8-9,11,13,15,17,22H,4,7,10H2,1H3,(H,23,24)/b3-2-. The van der Waals surface area contributed by atoms with Crippen LogP contribution in [-0.2, 0) is 14.3 Å². The first-order chi connectivity index (χ1) is 12.3. The fourth-order valence-electron chi connectivity index (χ4n) is 3.05. The molecule has 5 nitrogen and oxygen atoms in total. The van der Waals surface area contributed by atoms with Crippen LogP contribution in [0.5, 0.6) is 5.75 Å². The summed E-state index contributed by atoms with van der Waals surface area (Å²) in [5.74, 6) is -3.24. The molecule has 0 aromatic heterocycles. The molecule has 1 aliphatic heterocycles. The molecule has 4 unspecified atom stereocenters. The van der Waals surface area contributed by atoms with Gasteiger partial charge in [0.05, 0.1) is 18.6 Å².